The number of hydrogen-bond donors (Lipinski definition) is 1. The number of aromatic nitrogens is 1. The Morgan fingerprint density at radius 2 is 1.92 bits per heavy atom. The van der Waals surface area contributed by atoms with Crippen LogP contribution in [0.15, 0.2) is 35.1 Å². The van der Waals surface area contributed by atoms with Gasteiger partial charge in [0.15, 0.2) is 0 Å². The number of benzene rings is 1. The highest BCUT2D eigenvalue weighted by Crippen LogP contribution is 2.19. The van der Waals surface area contributed by atoms with Gasteiger partial charge in [-0.25, -0.2) is 0 Å². The number of aryl methyl sites for hydroxylation is 1. The van der Waals surface area contributed by atoms with Crippen LogP contribution in [0.4, 0.5) is 0 Å². The maximum Gasteiger partial charge on any atom is 0.250 e. The normalized spacial score (nSPS) is 11.3. The molecule has 0 fully saturated rings. The summed E-state index contributed by atoms with van der Waals surface area (Å²) in [7, 11) is 1.79. The number of pyridine rings is 1. The Labute approximate surface area is 144 Å². The van der Waals surface area contributed by atoms with E-state index < -0.39 is 0 Å². The third-order valence-corrected chi connectivity index (χ3v) is 4.36. The van der Waals surface area contributed by atoms with E-state index >= 15 is 0 Å². The molecule has 0 saturated heterocycles. The summed E-state index contributed by atoms with van der Waals surface area (Å²) in [4.78, 5) is 14.0. The quantitative estimate of drug-likeness (QED) is 0.678. The van der Waals surface area contributed by atoms with Crippen LogP contribution in [0.2, 0.25) is 0 Å². The van der Waals surface area contributed by atoms with Crippen molar-refractivity contribution < 1.29 is 4.74 Å². The first-order valence-corrected chi connectivity index (χ1v) is 8.81. The number of hydrogen-bond acceptors (Lipinski definition) is 4. The highest BCUT2D eigenvalue weighted by atomic mass is 16.5. The molecule has 1 heterocycles. The lowest BCUT2D eigenvalue weighted by atomic mass is 10.2. The second-order valence-corrected chi connectivity index (χ2v) is 5.93. The number of ether oxygens (including phenoxy) is 1. The first-order valence-electron chi connectivity index (χ1n) is 8.81. The molecule has 0 aliphatic carbocycles. The minimum Gasteiger partial charge on any atom is -0.494 e. The summed E-state index contributed by atoms with van der Waals surface area (Å²) in [6.45, 7) is 10.4. The maximum absolute atomic E-state index is 11.6. The van der Waals surface area contributed by atoms with Gasteiger partial charge in [-0.15, -0.1) is 0 Å². The summed E-state index contributed by atoms with van der Waals surface area (Å²) in [5.41, 5.74) is 0.930. The molecule has 1 aromatic carbocycles. The van der Waals surface area contributed by atoms with Gasteiger partial charge in [-0.05, 0) is 50.3 Å². The minimum absolute atomic E-state index is 0.00644. The fourth-order valence-corrected chi connectivity index (χ4v) is 2.74. The summed E-state index contributed by atoms with van der Waals surface area (Å²) in [5, 5.41) is 4.47. The Hall–Kier alpha value is -1.85. The Kier molecular flexibility index (Phi) is 7.28. The number of rotatable bonds is 10. The maximum atomic E-state index is 11.6. The molecule has 0 saturated carbocycles. The van der Waals surface area contributed by atoms with Crippen LogP contribution < -0.4 is 15.6 Å². The highest BCUT2D eigenvalue weighted by molar-refractivity contribution is 5.80. The molecule has 0 radical (unpaired) electrons. The van der Waals surface area contributed by atoms with Crippen LogP contribution in [-0.2, 0) is 7.05 Å². The van der Waals surface area contributed by atoms with Crippen molar-refractivity contribution in [1.29, 1.82) is 0 Å². The van der Waals surface area contributed by atoms with Crippen LogP contribution in [0, 0.1) is 0 Å². The Morgan fingerprint density at radius 3 is 2.67 bits per heavy atom. The molecule has 24 heavy (non-hydrogen) atoms. The molecule has 5 heteroatoms. The summed E-state index contributed by atoms with van der Waals surface area (Å²) in [5.74, 6) is 0.851. The number of fused-ring (bicyclic) bond motifs is 1. The molecular formula is C19H29N3O2. The van der Waals surface area contributed by atoms with Gasteiger partial charge in [-0.3, -0.25) is 4.79 Å². The summed E-state index contributed by atoms with van der Waals surface area (Å²) >= 11 is 0. The first kappa shape index (κ1) is 18.5. The standard InChI is InChI=1S/C19H29N3O2/c1-4-22(5-2)13-12-20-11-6-14-24-17-8-9-18-16(15-17)7-10-19(23)21(18)3/h7-10,15,20H,4-6,11-14H2,1-3H3. The molecule has 0 aliphatic rings. The van der Waals surface area contributed by atoms with Crippen molar-refractivity contribution in [2.45, 2.75) is 20.3 Å². The molecule has 1 N–H and O–H groups in total. The van der Waals surface area contributed by atoms with Crippen molar-refractivity contribution in [3.8, 4) is 5.75 Å². The second kappa shape index (κ2) is 9.45. The summed E-state index contributed by atoms with van der Waals surface area (Å²) in [6.07, 6.45) is 0.976. The van der Waals surface area contributed by atoms with Crippen LogP contribution in [-0.4, -0.2) is 48.8 Å². The van der Waals surface area contributed by atoms with Crippen LogP contribution >= 0.6 is 0 Å². The Balaban J connectivity index is 1.72. The largest absolute Gasteiger partial charge is 0.494 e. The molecule has 0 spiro atoms. The Morgan fingerprint density at radius 1 is 1.12 bits per heavy atom. The fourth-order valence-electron chi connectivity index (χ4n) is 2.74. The van der Waals surface area contributed by atoms with Crippen molar-refractivity contribution in [3.63, 3.8) is 0 Å². The zero-order valence-corrected chi connectivity index (χ0v) is 15.0. The molecule has 0 amide bonds. The van der Waals surface area contributed by atoms with Crippen molar-refractivity contribution in [3.05, 3.63) is 40.7 Å². The SMILES string of the molecule is CCN(CC)CCNCCCOc1ccc2c(ccc(=O)n2C)c1. The molecule has 0 aliphatic heterocycles. The molecule has 0 bridgehead atoms. The van der Waals surface area contributed by atoms with Crippen LogP contribution in [0.3, 0.4) is 0 Å². The summed E-state index contributed by atoms with van der Waals surface area (Å²) < 4.78 is 7.47. The second-order valence-electron chi connectivity index (χ2n) is 5.93. The van der Waals surface area contributed by atoms with E-state index in [2.05, 4.69) is 24.1 Å². The molecule has 2 aromatic rings. The smallest absolute Gasteiger partial charge is 0.250 e. The topological polar surface area (TPSA) is 46.5 Å². The molecular weight excluding hydrogens is 302 g/mol. The van der Waals surface area contributed by atoms with E-state index in [-0.39, 0.29) is 5.56 Å². The average Bonchev–Trinajstić information content (AvgIpc) is 2.61. The molecule has 5 nitrogen and oxygen atoms in total. The van der Waals surface area contributed by atoms with Gasteiger partial charge in [0.25, 0.3) is 5.56 Å². The fraction of sp³-hybridized carbons (Fsp3) is 0.526. The van der Waals surface area contributed by atoms with Gasteiger partial charge in [0, 0.05) is 31.6 Å². The van der Waals surface area contributed by atoms with Crippen molar-refractivity contribution in [1.82, 2.24) is 14.8 Å². The van der Waals surface area contributed by atoms with Crippen LogP contribution in [0.25, 0.3) is 10.9 Å². The average molecular weight is 331 g/mol. The zero-order valence-electron chi connectivity index (χ0n) is 15.0. The van der Waals surface area contributed by atoms with E-state index in [0.717, 1.165) is 55.8 Å². The van der Waals surface area contributed by atoms with Gasteiger partial charge < -0.3 is 19.5 Å². The molecule has 2 rings (SSSR count). The van der Waals surface area contributed by atoms with Gasteiger partial charge in [0.1, 0.15) is 5.75 Å². The molecule has 0 unspecified atom stereocenters. The Bertz CT molecular complexity index is 693. The lowest BCUT2D eigenvalue weighted by Crippen LogP contribution is -2.32. The van der Waals surface area contributed by atoms with Gasteiger partial charge in [0.2, 0.25) is 0 Å². The van der Waals surface area contributed by atoms with Gasteiger partial charge in [0.05, 0.1) is 12.1 Å². The van der Waals surface area contributed by atoms with Crippen LogP contribution in [0.5, 0.6) is 5.75 Å². The predicted molar refractivity (Wildman–Crippen MR) is 100.0 cm³/mol. The van der Waals surface area contributed by atoms with E-state index in [1.54, 1.807) is 17.7 Å². The van der Waals surface area contributed by atoms with E-state index in [9.17, 15) is 4.79 Å². The van der Waals surface area contributed by atoms with Gasteiger partial charge >= 0.3 is 0 Å². The molecule has 0 atom stereocenters. The van der Waals surface area contributed by atoms with Crippen molar-refractivity contribution >= 4 is 10.9 Å². The van der Waals surface area contributed by atoms with E-state index in [1.165, 1.54) is 0 Å². The summed E-state index contributed by atoms with van der Waals surface area (Å²) in [6, 6.07) is 9.29. The van der Waals surface area contributed by atoms with Gasteiger partial charge in [-0.2, -0.15) is 0 Å². The first-order chi connectivity index (χ1) is 11.7. The van der Waals surface area contributed by atoms with E-state index in [1.807, 2.05) is 24.3 Å². The lowest BCUT2D eigenvalue weighted by Gasteiger charge is -2.18. The lowest BCUT2D eigenvalue weighted by molar-refractivity contribution is 0.291. The molecule has 132 valence electrons. The van der Waals surface area contributed by atoms with E-state index in [0.29, 0.717) is 6.61 Å². The number of nitrogens with zero attached hydrogens (tertiary/aromatic N) is 2. The number of nitrogens with one attached hydrogen (secondary N) is 1. The molecule has 1 aromatic heterocycles. The van der Waals surface area contributed by atoms with Crippen molar-refractivity contribution in [2.24, 2.45) is 7.05 Å². The van der Waals surface area contributed by atoms with Gasteiger partial charge in [-0.1, -0.05) is 13.8 Å². The monoisotopic (exact) mass is 331 g/mol. The third kappa shape index (κ3) is 5.08. The number of likely N-dealkylation sites (N-methyl/N-ethyl adjacent to an activating group) is 1. The van der Waals surface area contributed by atoms with Crippen LogP contribution in [0.1, 0.15) is 20.3 Å². The van der Waals surface area contributed by atoms with Crippen molar-refractivity contribution in [2.75, 3.05) is 39.3 Å². The van der Waals surface area contributed by atoms with E-state index in [4.69, 9.17) is 4.74 Å². The third-order valence-electron chi connectivity index (χ3n) is 4.36. The predicted octanol–water partition coefficient (Wildman–Crippen LogP) is 2.24. The zero-order chi connectivity index (χ0) is 17.4. The minimum atomic E-state index is 0.00644. The highest BCUT2D eigenvalue weighted by Gasteiger charge is 2.02.